The second-order valence-electron chi connectivity index (χ2n) is 7.48. The summed E-state index contributed by atoms with van der Waals surface area (Å²) in [5.74, 6) is 0.770. The van der Waals surface area contributed by atoms with E-state index in [1.165, 1.54) is 12.1 Å². The maximum Gasteiger partial charge on any atom is 0.318 e. The Hall–Kier alpha value is -2.55. The Balaban J connectivity index is 1.56. The molecule has 0 aliphatic carbocycles. The molecule has 1 N–H and O–H groups in total. The van der Waals surface area contributed by atoms with E-state index in [9.17, 15) is 9.90 Å². The van der Waals surface area contributed by atoms with Crippen molar-refractivity contribution < 1.29 is 14.6 Å². The molecule has 3 heterocycles. The Bertz CT molecular complexity index is 1020. The van der Waals surface area contributed by atoms with Gasteiger partial charge in [-0.2, -0.15) is 9.97 Å². The van der Waals surface area contributed by atoms with Crippen LogP contribution in [0.4, 0.5) is 5.82 Å². The summed E-state index contributed by atoms with van der Waals surface area (Å²) in [5.41, 5.74) is 2.59. The number of carbonyl (C=O) groups is 1. The maximum atomic E-state index is 11.9. The van der Waals surface area contributed by atoms with Gasteiger partial charge in [0.25, 0.3) is 0 Å². The zero-order valence-electron chi connectivity index (χ0n) is 17.1. The predicted octanol–water partition coefficient (Wildman–Crippen LogP) is 2.85. The van der Waals surface area contributed by atoms with Crippen LogP contribution in [-0.2, 0) is 24.4 Å². The quantitative estimate of drug-likeness (QED) is 0.682. The summed E-state index contributed by atoms with van der Waals surface area (Å²) in [6.45, 7) is 7.75. The summed E-state index contributed by atoms with van der Waals surface area (Å²) < 4.78 is 5.33. The molecule has 0 saturated carbocycles. The Morgan fingerprint density at radius 3 is 2.65 bits per heavy atom. The van der Waals surface area contributed by atoms with Gasteiger partial charge in [0, 0.05) is 62.0 Å². The number of anilines is 1. The highest BCUT2D eigenvalue weighted by molar-refractivity contribution is 6.36. The van der Waals surface area contributed by atoms with Crippen molar-refractivity contribution in [3.63, 3.8) is 0 Å². The summed E-state index contributed by atoms with van der Waals surface area (Å²) >= 11 is 12.6. The Kier molecular flexibility index (Phi) is 6.22. The number of fused-ring (bicyclic) bond motifs is 1. The van der Waals surface area contributed by atoms with Crippen LogP contribution in [0.3, 0.4) is 0 Å². The summed E-state index contributed by atoms with van der Waals surface area (Å²) in [4.78, 5) is 27.1. The zero-order valence-corrected chi connectivity index (χ0v) is 18.7. The van der Waals surface area contributed by atoms with E-state index in [2.05, 4.69) is 26.3 Å². The number of piperazine rings is 1. The molecule has 1 saturated heterocycles. The first-order valence-corrected chi connectivity index (χ1v) is 10.6. The number of carbonyl (C=O) groups excluding carboxylic acids is 1. The van der Waals surface area contributed by atoms with Crippen molar-refractivity contribution in [3.05, 3.63) is 51.7 Å². The third kappa shape index (κ3) is 4.28. The van der Waals surface area contributed by atoms with Crippen molar-refractivity contribution in [2.75, 3.05) is 38.2 Å². The molecule has 1 amide bonds. The molecule has 0 atom stereocenters. The smallest absolute Gasteiger partial charge is 0.318 e. The van der Waals surface area contributed by atoms with E-state index in [-0.39, 0.29) is 16.7 Å². The lowest BCUT2D eigenvalue weighted by Crippen LogP contribution is -2.48. The van der Waals surface area contributed by atoms with Crippen LogP contribution in [0.15, 0.2) is 24.8 Å². The number of hydrogen-bond acceptors (Lipinski definition) is 7. The molecular formula is C21H23Cl2N5O3. The van der Waals surface area contributed by atoms with E-state index in [1.807, 2.05) is 0 Å². The van der Waals surface area contributed by atoms with Gasteiger partial charge in [-0.3, -0.25) is 9.69 Å². The molecule has 0 spiro atoms. The highest BCUT2D eigenvalue weighted by Crippen LogP contribution is 2.37. The molecule has 2 aliphatic heterocycles. The highest BCUT2D eigenvalue weighted by Gasteiger charge is 2.30. The molecular weight excluding hydrogens is 441 g/mol. The van der Waals surface area contributed by atoms with Gasteiger partial charge in [-0.25, -0.2) is 0 Å². The van der Waals surface area contributed by atoms with E-state index in [0.29, 0.717) is 62.4 Å². The van der Waals surface area contributed by atoms with E-state index >= 15 is 0 Å². The molecule has 10 heteroatoms. The van der Waals surface area contributed by atoms with Gasteiger partial charge in [0.05, 0.1) is 17.8 Å². The zero-order chi connectivity index (χ0) is 22.1. The normalized spacial score (nSPS) is 16.4. The molecule has 164 valence electrons. The minimum atomic E-state index is -0.0591. The maximum absolute atomic E-state index is 11.9. The second kappa shape index (κ2) is 8.90. The number of nitrogens with zero attached hydrogens (tertiary/aromatic N) is 5. The van der Waals surface area contributed by atoms with Gasteiger partial charge >= 0.3 is 6.01 Å². The average molecular weight is 464 g/mol. The number of hydrogen-bond donors (Lipinski definition) is 1. The lowest BCUT2D eigenvalue weighted by molar-refractivity contribution is -0.126. The molecule has 2 aliphatic rings. The van der Waals surface area contributed by atoms with E-state index in [0.717, 1.165) is 17.1 Å². The minimum absolute atomic E-state index is 0.00636. The van der Waals surface area contributed by atoms with Gasteiger partial charge < -0.3 is 19.6 Å². The molecule has 0 radical (unpaired) electrons. The number of aromatic hydroxyl groups is 1. The van der Waals surface area contributed by atoms with Crippen LogP contribution in [0.1, 0.15) is 16.8 Å². The van der Waals surface area contributed by atoms with E-state index in [1.54, 1.807) is 18.1 Å². The van der Waals surface area contributed by atoms with Crippen LogP contribution in [0, 0.1) is 0 Å². The number of phenols is 1. The van der Waals surface area contributed by atoms with Crippen molar-refractivity contribution in [3.8, 4) is 11.8 Å². The molecule has 1 fully saturated rings. The number of benzene rings is 1. The fourth-order valence-corrected chi connectivity index (χ4v) is 4.46. The summed E-state index contributed by atoms with van der Waals surface area (Å²) in [5, 5.41) is 10.7. The lowest BCUT2D eigenvalue weighted by Gasteiger charge is -2.35. The summed E-state index contributed by atoms with van der Waals surface area (Å²) in [7, 11) is 1.55. The number of aromatic nitrogens is 2. The monoisotopic (exact) mass is 463 g/mol. The third-order valence-corrected chi connectivity index (χ3v) is 6.38. The SMILES string of the molecule is C=CC(=O)N1CCN(c2nc(OC)nc3c2CN(Cc2c(Cl)ccc(O)c2Cl)C3)CC1. The van der Waals surface area contributed by atoms with Crippen molar-refractivity contribution in [1.29, 1.82) is 0 Å². The average Bonchev–Trinajstić information content (AvgIpc) is 3.20. The van der Waals surface area contributed by atoms with Gasteiger partial charge in [-0.15, -0.1) is 0 Å². The van der Waals surface area contributed by atoms with Crippen LogP contribution in [0.25, 0.3) is 0 Å². The molecule has 1 aromatic heterocycles. The first-order valence-electron chi connectivity index (χ1n) is 9.89. The van der Waals surface area contributed by atoms with Crippen molar-refractivity contribution in [2.45, 2.75) is 19.6 Å². The van der Waals surface area contributed by atoms with Gasteiger partial charge in [-0.1, -0.05) is 29.8 Å². The van der Waals surface area contributed by atoms with Crippen LogP contribution in [0.2, 0.25) is 10.0 Å². The van der Waals surface area contributed by atoms with Crippen LogP contribution in [0.5, 0.6) is 11.8 Å². The van der Waals surface area contributed by atoms with E-state index < -0.39 is 0 Å². The van der Waals surface area contributed by atoms with Crippen molar-refractivity contribution in [2.24, 2.45) is 0 Å². The van der Waals surface area contributed by atoms with Crippen LogP contribution >= 0.6 is 23.2 Å². The first kappa shape index (κ1) is 21.7. The van der Waals surface area contributed by atoms with Gasteiger partial charge in [0.2, 0.25) is 5.91 Å². The number of rotatable bonds is 5. The summed E-state index contributed by atoms with van der Waals surface area (Å²) in [6.07, 6.45) is 1.34. The molecule has 31 heavy (non-hydrogen) atoms. The van der Waals surface area contributed by atoms with Crippen molar-refractivity contribution in [1.82, 2.24) is 19.8 Å². The number of methoxy groups -OCH3 is 1. The van der Waals surface area contributed by atoms with Gasteiger partial charge in [-0.05, 0) is 18.2 Å². The largest absolute Gasteiger partial charge is 0.506 e. The summed E-state index contributed by atoms with van der Waals surface area (Å²) in [6, 6.07) is 3.44. The lowest BCUT2D eigenvalue weighted by atomic mass is 10.2. The Morgan fingerprint density at radius 2 is 1.97 bits per heavy atom. The fourth-order valence-electron chi connectivity index (χ4n) is 3.97. The topological polar surface area (TPSA) is 82.0 Å². The Morgan fingerprint density at radius 1 is 1.23 bits per heavy atom. The first-order chi connectivity index (χ1) is 14.9. The predicted molar refractivity (Wildman–Crippen MR) is 119 cm³/mol. The number of ether oxygens (including phenoxy) is 1. The molecule has 0 bridgehead atoms. The van der Waals surface area contributed by atoms with Crippen LogP contribution < -0.4 is 9.64 Å². The molecule has 1 aromatic carbocycles. The molecule has 0 unspecified atom stereocenters. The number of phenolic OH excluding ortho intramolecular Hbond substituents is 1. The standard InChI is InChI=1S/C21H23Cl2N5O3/c1-3-18(30)27-6-8-28(9-7-27)20-14-11-26(12-16(14)24-21(25-20)31-2)10-13-15(22)4-5-17(29)19(13)23/h3-5,29H,1,6-12H2,2H3. The van der Waals surface area contributed by atoms with Gasteiger partial charge in [0.1, 0.15) is 11.6 Å². The molecule has 8 nitrogen and oxygen atoms in total. The minimum Gasteiger partial charge on any atom is -0.506 e. The Labute approximate surface area is 190 Å². The van der Waals surface area contributed by atoms with E-state index in [4.69, 9.17) is 27.9 Å². The van der Waals surface area contributed by atoms with Crippen LogP contribution in [-0.4, -0.2) is 64.1 Å². The molecule has 2 aromatic rings. The molecule has 4 rings (SSSR count). The fraction of sp³-hybridized carbons (Fsp3) is 0.381. The van der Waals surface area contributed by atoms with Crippen molar-refractivity contribution >= 4 is 34.9 Å². The number of amides is 1. The van der Waals surface area contributed by atoms with Gasteiger partial charge in [0.15, 0.2) is 0 Å². The number of halogens is 2. The highest BCUT2D eigenvalue weighted by atomic mass is 35.5. The second-order valence-corrected chi connectivity index (χ2v) is 8.26. The third-order valence-electron chi connectivity index (χ3n) is 5.60.